The first-order valence-electron chi connectivity index (χ1n) is 2.24. The molecule has 1 aliphatic rings. The van der Waals surface area contributed by atoms with Gasteiger partial charge in [0.15, 0.2) is 0 Å². The van der Waals surface area contributed by atoms with Gasteiger partial charge in [-0.15, -0.1) is 11.8 Å². The van der Waals surface area contributed by atoms with Crippen LogP contribution in [0, 0.1) is 0 Å². The lowest BCUT2D eigenvalue weighted by atomic mass is 10.7. The van der Waals surface area contributed by atoms with Gasteiger partial charge in [0, 0.05) is 12.3 Å². The minimum atomic E-state index is 0.713. The SMILES string of the molecule is CC1NCCS1. The van der Waals surface area contributed by atoms with E-state index in [-0.39, 0.29) is 0 Å². The zero-order valence-electron chi connectivity index (χ0n) is 3.90. The highest BCUT2D eigenvalue weighted by Crippen LogP contribution is 2.10. The van der Waals surface area contributed by atoms with Gasteiger partial charge in [0.1, 0.15) is 0 Å². The molecular weight excluding hydrogens is 94.1 g/mol. The predicted octanol–water partition coefficient (Wildman–Crippen LogP) is 0.669. The number of rotatable bonds is 0. The molecule has 1 unspecified atom stereocenters. The summed E-state index contributed by atoms with van der Waals surface area (Å²) in [5.74, 6) is 1.29. The van der Waals surface area contributed by atoms with Crippen molar-refractivity contribution in [2.45, 2.75) is 12.3 Å². The topological polar surface area (TPSA) is 12.0 Å². The van der Waals surface area contributed by atoms with E-state index in [1.54, 1.807) is 0 Å². The molecule has 1 saturated heterocycles. The Hall–Kier alpha value is 0.310. The Bertz CT molecular complexity index is 40.8. The summed E-state index contributed by atoms with van der Waals surface area (Å²) in [7, 11) is 0. The van der Waals surface area contributed by atoms with E-state index in [2.05, 4.69) is 12.2 Å². The first-order valence-corrected chi connectivity index (χ1v) is 3.29. The van der Waals surface area contributed by atoms with Crippen LogP contribution < -0.4 is 5.32 Å². The molecule has 0 spiro atoms. The average molecular weight is 103 g/mol. The molecule has 0 bridgehead atoms. The van der Waals surface area contributed by atoms with Crippen LogP contribution in [0.2, 0.25) is 0 Å². The minimum absolute atomic E-state index is 0.713. The van der Waals surface area contributed by atoms with Crippen LogP contribution >= 0.6 is 11.8 Å². The lowest BCUT2D eigenvalue weighted by molar-refractivity contribution is 0.761. The average Bonchev–Trinajstić information content (AvgIpc) is 1.86. The first kappa shape index (κ1) is 4.47. The fourth-order valence-corrected chi connectivity index (χ4v) is 1.38. The van der Waals surface area contributed by atoms with E-state index in [4.69, 9.17) is 0 Å². The molecule has 1 N–H and O–H groups in total. The maximum atomic E-state index is 3.28. The van der Waals surface area contributed by atoms with Crippen LogP contribution in [0.15, 0.2) is 0 Å². The summed E-state index contributed by atoms with van der Waals surface area (Å²) in [5, 5.41) is 4.00. The quantitative estimate of drug-likeness (QED) is 0.483. The van der Waals surface area contributed by atoms with E-state index in [9.17, 15) is 0 Å². The van der Waals surface area contributed by atoms with Gasteiger partial charge in [-0.05, 0) is 6.92 Å². The molecule has 0 saturated carbocycles. The summed E-state index contributed by atoms with van der Waals surface area (Å²) in [6.45, 7) is 3.39. The molecule has 0 aromatic heterocycles. The Morgan fingerprint density at radius 2 is 2.67 bits per heavy atom. The Kier molecular flexibility index (Phi) is 1.37. The van der Waals surface area contributed by atoms with Gasteiger partial charge >= 0.3 is 0 Å². The number of nitrogens with one attached hydrogen (secondary N) is 1. The van der Waals surface area contributed by atoms with Crippen molar-refractivity contribution in [1.29, 1.82) is 0 Å². The summed E-state index contributed by atoms with van der Waals surface area (Å²) in [5.41, 5.74) is 0. The van der Waals surface area contributed by atoms with Crippen LogP contribution in [0.4, 0.5) is 0 Å². The molecule has 1 fully saturated rings. The van der Waals surface area contributed by atoms with Crippen LogP contribution in [0.1, 0.15) is 6.92 Å². The molecule has 0 aliphatic carbocycles. The number of hydrogen-bond donors (Lipinski definition) is 1. The zero-order valence-corrected chi connectivity index (χ0v) is 4.72. The van der Waals surface area contributed by atoms with E-state index in [1.807, 2.05) is 11.8 Å². The molecule has 1 aliphatic heterocycles. The Morgan fingerprint density at radius 3 is 2.83 bits per heavy atom. The van der Waals surface area contributed by atoms with Crippen molar-refractivity contribution in [1.82, 2.24) is 5.32 Å². The standard InChI is InChI=1S/C4H9NS/c1-4-5-2-3-6-4/h4-5H,2-3H2,1H3. The van der Waals surface area contributed by atoms with Gasteiger partial charge in [-0.1, -0.05) is 0 Å². The van der Waals surface area contributed by atoms with Crippen molar-refractivity contribution < 1.29 is 0 Å². The highest BCUT2D eigenvalue weighted by atomic mass is 32.2. The van der Waals surface area contributed by atoms with Crippen LogP contribution in [0.5, 0.6) is 0 Å². The molecule has 1 heterocycles. The fourth-order valence-electron chi connectivity index (χ4n) is 0.557. The Morgan fingerprint density at radius 1 is 1.83 bits per heavy atom. The van der Waals surface area contributed by atoms with E-state index < -0.39 is 0 Å². The monoisotopic (exact) mass is 103 g/mol. The van der Waals surface area contributed by atoms with E-state index in [1.165, 1.54) is 12.3 Å². The van der Waals surface area contributed by atoms with Gasteiger partial charge in [-0.2, -0.15) is 0 Å². The molecule has 1 rings (SSSR count). The van der Waals surface area contributed by atoms with Crippen molar-refractivity contribution in [2.24, 2.45) is 0 Å². The second-order valence-electron chi connectivity index (χ2n) is 1.47. The Balaban J connectivity index is 2.18. The number of thioether (sulfide) groups is 1. The predicted molar refractivity (Wildman–Crippen MR) is 29.9 cm³/mol. The van der Waals surface area contributed by atoms with Gasteiger partial charge in [-0.3, -0.25) is 0 Å². The van der Waals surface area contributed by atoms with E-state index >= 15 is 0 Å². The second-order valence-corrected chi connectivity index (χ2v) is 2.92. The van der Waals surface area contributed by atoms with Crippen LogP contribution in [0.25, 0.3) is 0 Å². The summed E-state index contributed by atoms with van der Waals surface area (Å²) in [6, 6.07) is 0. The lowest BCUT2D eigenvalue weighted by Crippen LogP contribution is -2.14. The maximum Gasteiger partial charge on any atom is 0.0504 e. The molecule has 0 aromatic rings. The normalized spacial score (nSPS) is 34.5. The second kappa shape index (κ2) is 1.85. The lowest BCUT2D eigenvalue weighted by Gasteiger charge is -1.94. The largest absolute Gasteiger partial charge is 0.305 e. The molecule has 1 nitrogen and oxygen atoms in total. The summed E-state index contributed by atoms with van der Waals surface area (Å²) in [6.07, 6.45) is 0. The van der Waals surface area contributed by atoms with Crippen molar-refractivity contribution >= 4 is 11.8 Å². The zero-order chi connectivity index (χ0) is 4.41. The molecule has 0 aromatic carbocycles. The molecule has 6 heavy (non-hydrogen) atoms. The van der Waals surface area contributed by atoms with Gasteiger partial charge in [0.2, 0.25) is 0 Å². The summed E-state index contributed by atoms with van der Waals surface area (Å²) in [4.78, 5) is 0. The molecular formula is C4H9NS. The maximum absolute atomic E-state index is 3.28. The molecule has 0 amide bonds. The van der Waals surface area contributed by atoms with Gasteiger partial charge in [0.05, 0.1) is 5.37 Å². The van der Waals surface area contributed by atoms with E-state index in [0.29, 0.717) is 5.37 Å². The third kappa shape index (κ3) is 0.884. The van der Waals surface area contributed by atoms with Gasteiger partial charge in [0.25, 0.3) is 0 Å². The van der Waals surface area contributed by atoms with Crippen molar-refractivity contribution in [3.05, 3.63) is 0 Å². The molecule has 1 atom stereocenters. The molecule has 2 heteroatoms. The van der Waals surface area contributed by atoms with E-state index in [0.717, 1.165) is 0 Å². The smallest absolute Gasteiger partial charge is 0.0504 e. The summed E-state index contributed by atoms with van der Waals surface area (Å²) >= 11 is 1.99. The molecule has 36 valence electrons. The highest BCUT2D eigenvalue weighted by Gasteiger charge is 2.05. The van der Waals surface area contributed by atoms with Crippen molar-refractivity contribution in [3.63, 3.8) is 0 Å². The van der Waals surface area contributed by atoms with Gasteiger partial charge < -0.3 is 5.32 Å². The Labute approximate surface area is 42.5 Å². The summed E-state index contributed by atoms with van der Waals surface area (Å²) < 4.78 is 0. The van der Waals surface area contributed by atoms with Crippen LogP contribution in [-0.4, -0.2) is 17.7 Å². The van der Waals surface area contributed by atoms with Crippen molar-refractivity contribution in [3.8, 4) is 0 Å². The highest BCUT2D eigenvalue weighted by molar-refractivity contribution is 8.00. The molecule has 0 radical (unpaired) electrons. The van der Waals surface area contributed by atoms with Gasteiger partial charge in [-0.25, -0.2) is 0 Å². The fraction of sp³-hybridized carbons (Fsp3) is 1.00. The van der Waals surface area contributed by atoms with Crippen LogP contribution in [-0.2, 0) is 0 Å². The number of hydrogen-bond acceptors (Lipinski definition) is 2. The third-order valence-corrected chi connectivity index (χ3v) is 2.01. The third-order valence-electron chi connectivity index (χ3n) is 0.902. The minimum Gasteiger partial charge on any atom is -0.305 e. The van der Waals surface area contributed by atoms with Crippen molar-refractivity contribution in [2.75, 3.05) is 12.3 Å². The van der Waals surface area contributed by atoms with Crippen LogP contribution in [0.3, 0.4) is 0 Å². The first-order chi connectivity index (χ1) is 2.89.